The smallest absolute Gasteiger partial charge is 0.324 e. The Morgan fingerprint density at radius 1 is 1.21 bits per heavy atom. The first-order valence-electron chi connectivity index (χ1n) is 8.83. The molecule has 148 valence electrons. The zero-order valence-electron chi connectivity index (χ0n) is 15.5. The van der Waals surface area contributed by atoms with Gasteiger partial charge in [0.25, 0.3) is 11.6 Å². The van der Waals surface area contributed by atoms with Gasteiger partial charge in [-0.2, -0.15) is 0 Å². The Hall–Kier alpha value is -2.85. The standard InChI is InChI=1S/C18H20N4O5S/c1-11-9-14-10-16(22(26)27)28-17(14)12(2)20(11)8-7-19-18(23)13-3-5-15(6-4-13)21(24)25/h3-6,10-12H,7-9H2,1-2H3,(H,19,23)/t11-,12+/m1/s1. The summed E-state index contributed by atoms with van der Waals surface area (Å²) in [6.07, 6.45) is 0.736. The third kappa shape index (κ3) is 4.02. The Balaban J connectivity index is 1.60. The normalized spacial score (nSPS) is 19.1. The number of nitrogens with one attached hydrogen (secondary N) is 1. The fourth-order valence-corrected chi connectivity index (χ4v) is 4.63. The average molecular weight is 404 g/mol. The molecule has 0 aliphatic carbocycles. The average Bonchev–Trinajstić information content (AvgIpc) is 3.08. The van der Waals surface area contributed by atoms with Crippen LogP contribution in [0.15, 0.2) is 30.3 Å². The molecule has 2 atom stereocenters. The number of rotatable bonds is 6. The molecule has 1 aromatic carbocycles. The lowest BCUT2D eigenvalue weighted by Gasteiger charge is -2.38. The summed E-state index contributed by atoms with van der Waals surface area (Å²) in [5.74, 6) is -0.292. The summed E-state index contributed by atoms with van der Waals surface area (Å²) in [6.45, 7) is 5.10. The number of nitro groups is 2. The number of hydrogen-bond donors (Lipinski definition) is 1. The number of carbonyl (C=O) groups excluding carboxylic acids is 1. The van der Waals surface area contributed by atoms with E-state index in [4.69, 9.17) is 0 Å². The van der Waals surface area contributed by atoms with Gasteiger partial charge < -0.3 is 5.32 Å². The highest BCUT2D eigenvalue weighted by Gasteiger charge is 2.32. The summed E-state index contributed by atoms with van der Waals surface area (Å²) in [5.41, 5.74) is 1.33. The van der Waals surface area contributed by atoms with Gasteiger partial charge in [-0.25, -0.2) is 0 Å². The molecule has 0 radical (unpaired) electrons. The highest BCUT2D eigenvalue weighted by Crippen LogP contribution is 2.40. The van der Waals surface area contributed by atoms with Gasteiger partial charge in [0.05, 0.1) is 9.85 Å². The molecule has 2 aromatic rings. The number of non-ortho nitro benzene ring substituents is 1. The SMILES string of the molecule is C[C@@H]1Cc2cc([N+](=O)[O-])sc2[C@H](C)N1CCNC(=O)c1ccc([N+](=O)[O-])cc1. The summed E-state index contributed by atoms with van der Waals surface area (Å²) < 4.78 is 0. The molecule has 0 bridgehead atoms. The van der Waals surface area contributed by atoms with Crippen LogP contribution in [-0.2, 0) is 6.42 Å². The number of thiophene rings is 1. The molecule has 0 saturated heterocycles. The maximum atomic E-state index is 12.2. The van der Waals surface area contributed by atoms with Gasteiger partial charge in [-0.1, -0.05) is 11.3 Å². The predicted octanol–water partition coefficient (Wildman–Crippen LogP) is 3.30. The fraction of sp³-hybridized carbons (Fsp3) is 0.389. The third-order valence-corrected chi connectivity index (χ3v) is 6.26. The lowest BCUT2D eigenvalue weighted by atomic mass is 9.96. The molecule has 9 nitrogen and oxygen atoms in total. The van der Waals surface area contributed by atoms with Crippen LogP contribution in [0.2, 0.25) is 0 Å². The second kappa shape index (κ2) is 8.03. The van der Waals surface area contributed by atoms with Crippen molar-refractivity contribution in [1.82, 2.24) is 10.2 Å². The minimum absolute atomic E-state index is 0.0359. The number of benzene rings is 1. The highest BCUT2D eigenvalue weighted by atomic mass is 32.1. The van der Waals surface area contributed by atoms with E-state index in [1.165, 1.54) is 35.6 Å². The van der Waals surface area contributed by atoms with Crippen LogP contribution in [0.4, 0.5) is 10.7 Å². The van der Waals surface area contributed by atoms with Gasteiger partial charge >= 0.3 is 5.00 Å². The molecule has 1 aromatic heterocycles. The van der Waals surface area contributed by atoms with Crippen molar-refractivity contribution < 1.29 is 14.6 Å². The first-order chi connectivity index (χ1) is 13.3. The quantitative estimate of drug-likeness (QED) is 0.583. The van der Waals surface area contributed by atoms with Crippen molar-refractivity contribution in [3.8, 4) is 0 Å². The number of fused-ring (bicyclic) bond motifs is 1. The molecule has 3 rings (SSSR count). The van der Waals surface area contributed by atoms with Gasteiger partial charge in [0.2, 0.25) is 0 Å². The molecule has 0 unspecified atom stereocenters. The van der Waals surface area contributed by atoms with Crippen LogP contribution >= 0.6 is 11.3 Å². The highest BCUT2D eigenvalue weighted by molar-refractivity contribution is 7.15. The molecule has 0 saturated carbocycles. The van der Waals surface area contributed by atoms with Crippen molar-refractivity contribution in [3.63, 3.8) is 0 Å². The van der Waals surface area contributed by atoms with Crippen LogP contribution in [-0.4, -0.2) is 39.8 Å². The number of carbonyl (C=O) groups is 1. The minimum Gasteiger partial charge on any atom is -0.351 e. The fourth-order valence-electron chi connectivity index (χ4n) is 3.55. The molecule has 0 spiro atoms. The first kappa shape index (κ1) is 19.9. The second-order valence-electron chi connectivity index (χ2n) is 6.76. The number of amides is 1. The van der Waals surface area contributed by atoms with Crippen molar-refractivity contribution in [2.45, 2.75) is 32.4 Å². The van der Waals surface area contributed by atoms with E-state index in [-0.39, 0.29) is 33.6 Å². The van der Waals surface area contributed by atoms with Gasteiger partial charge in [0.15, 0.2) is 0 Å². The maximum Gasteiger partial charge on any atom is 0.324 e. The Kier molecular flexibility index (Phi) is 5.71. The second-order valence-corrected chi connectivity index (χ2v) is 7.82. The summed E-state index contributed by atoms with van der Waals surface area (Å²) in [5, 5.41) is 24.7. The largest absolute Gasteiger partial charge is 0.351 e. The minimum atomic E-state index is -0.510. The third-order valence-electron chi connectivity index (χ3n) is 4.96. The van der Waals surface area contributed by atoms with Gasteiger partial charge in [0.1, 0.15) is 0 Å². The van der Waals surface area contributed by atoms with Gasteiger partial charge in [-0.15, -0.1) is 0 Å². The number of hydrogen-bond acceptors (Lipinski definition) is 7. The molecule has 2 heterocycles. The van der Waals surface area contributed by atoms with Crippen LogP contribution in [0.3, 0.4) is 0 Å². The van der Waals surface area contributed by atoms with Crippen LogP contribution in [0.5, 0.6) is 0 Å². The Labute approximate surface area is 165 Å². The summed E-state index contributed by atoms with van der Waals surface area (Å²) in [4.78, 5) is 36.3. The van der Waals surface area contributed by atoms with E-state index in [1.54, 1.807) is 6.07 Å². The van der Waals surface area contributed by atoms with Crippen molar-refractivity contribution in [1.29, 1.82) is 0 Å². The molecular formula is C18H20N4O5S. The van der Waals surface area contributed by atoms with Crippen molar-refractivity contribution in [3.05, 3.63) is 66.6 Å². The Morgan fingerprint density at radius 3 is 2.50 bits per heavy atom. The summed E-state index contributed by atoms with van der Waals surface area (Å²) >= 11 is 1.21. The van der Waals surface area contributed by atoms with Crippen LogP contribution in [0.25, 0.3) is 0 Å². The van der Waals surface area contributed by atoms with Crippen LogP contribution in [0, 0.1) is 20.2 Å². The van der Waals surface area contributed by atoms with Gasteiger partial charge in [-0.05, 0) is 38.0 Å². The van der Waals surface area contributed by atoms with E-state index in [0.29, 0.717) is 18.7 Å². The monoisotopic (exact) mass is 404 g/mol. The van der Waals surface area contributed by atoms with E-state index < -0.39 is 4.92 Å². The van der Waals surface area contributed by atoms with Gasteiger partial charge in [0, 0.05) is 53.8 Å². The van der Waals surface area contributed by atoms with Crippen LogP contribution < -0.4 is 5.32 Å². The summed E-state index contributed by atoms with van der Waals surface area (Å²) in [6, 6.07) is 7.36. The summed E-state index contributed by atoms with van der Waals surface area (Å²) in [7, 11) is 0. The van der Waals surface area contributed by atoms with E-state index in [0.717, 1.165) is 16.9 Å². The Morgan fingerprint density at radius 2 is 1.89 bits per heavy atom. The predicted molar refractivity (Wildman–Crippen MR) is 105 cm³/mol. The lowest BCUT2D eigenvalue weighted by molar-refractivity contribution is -0.384. The molecule has 1 amide bonds. The lowest BCUT2D eigenvalue weighted by Crippen LogP contribution is -2.44. The first-order valence-corrected chi connectivity index (χ1v) is 9.65. The molecule has 1 aliphatic heterocycles. The Bertz CT molecular complexity index is 911. The topological polar surface area (TPSA) is 119 Å². The molecule has 10 heteroatoms. The van der Waals surface area contributed by atoms with Crippen LogP contribution in [0.1, 0.15) is 40.7 Å². The van der Waals surface area contributed by atoms with Gasteiger partial charge in [-0.3, -0.25) is 29.9 Å². The molecule has 0 fully saturated rings. The zero-order valence-corrected chi connectivity index (χ0v) is 16.3. The molecule has 1 aliphatic rings. The van der Waals surface area contributed by atoms with E-state index >= 15 is 0 Å². The molecular weight excluding hydrogens is 384 g/mol. The molecule has 1 N–H and O–H groups in total. The molecule has 28 heavy (non-hydrogen) atoms. The van der Waals surface area contributed by atoms with Crippen molar-refractivity contribution in [2.24, 2.45) is 0 Å². The van der Waals surface area contributed by atoms with E-state index in [1.807, 2.05) is 6.92 Å². The number of nitro benzene ring substituents is 1. The zero-order chi connectivity index (χ0) is 20.4. The van der Waals surface area contributed by atoms with E-state index in [2.05, 4.69) is 17.1 Å². The van der Waals surface area contributed by atoms with Crippen molar-refractivity contribution in [2.75, 3.05) is 13.1 Å². The maximum absolute atomic E-state index is 12.2. The van der Waals surface area contributed by atoms with Crippen molar-refractivity contribution >= 4 is 27.9 Å². The number of nitrogens with zero attached hydrogens (tertiary/aromatic N) is 3. The van der Waals surface area contributed by atoms with E-state index in [9.17, 15) is 25.0 Å².